The maximum Gasteiger partial charge on any atom is 0.253 e. The van der Waals surface area contributed by atoms with E-state index < -0.39 is 0 Å². The van der Waals surface area contributed by atoms with Crippen LogP contribution in [-0.2, 0) is 6.42 Å². The van der Waals surface area contributed by atoms with Crippen LogP contribution < -0.4 is 10.6 Å². The maximum absolute atomic E-state index is 12.7. The van der Waals surface area contributed by atoms with Crippen molar-refractivity contribution in [2.75, 3.05) is 11.9 Å². The molecule has 0 aromatic heterocycles. The summed E-state index contributed by atoms with van der Waals surface area (Å²) in [6, 6.07) is 6.41. The molecule has 0 radical (unpaired) electrons. The second kappa shape index (κ2) is 6.08. The second-order valence-corrected chi connectivity index (χ2v) is 6.85. The van der Waals surface area contributed by atoms with Crippen molar-refractivity contribution in [2.45, 2.75) is 52.0 Å². The molecule has 1 saturated carbocycles. The van der Waals surface area contributed by atoms with Gasteiger partial charge in [0, 0.05) is 12.6 Å². The molecule has 1 aliphatic carbocycles. The Labute approximate surface area is 127 Å². The average Bonchev–Trinajstić information content (AvgIpc) is 2.49. The number of aryl methyl sites for hydroxylation is 1. The molecular weight excluding hydrogens is 260 g/mol. The van der Waals surface area contributed by atoms with Gasteiger partial charge in [0.05, 0.1) is 11.3 Å². The first kappa shape index (κ1) is 14.4. The van der Waals surface area contributed by atoms with Gasteiger partial charge in [-0.15, -0.1) is 0 Å². The molecule has 1 fully saturated rings. The molecule has 0 saturated heterocycles. The van der Waals surface area contributed by atoms with Crippen molar-refractivity contribution in [3.05, 3.63) is 29.3 Å². The smallest absolute Gasteiger partial charge is 0.253 e. The highest BCUT2D eigenvalue weighted by Gasteiger charge is 2.27. The number of anilines is 1. The van der Waals surface area contributed by atoms with Crippen LogP contribution in [0.4, 0.5) is 5.69 Å². The molecule has 114 valence electrons. The van der Waals surface area contributed by atoms with Gasteiger partial charge in [-0.25, -0.2) is 0 Å². The Balaban J connectivity index is 1.74. The van der Waals surface area contributed by atoms with Gasteiger partial charge in [0.1, 0.15) is 0 Å². The monoisotopic (exact) mass is 286 g/mol. The SMILES string of the molecule is CC1CCC(NC(=O)c2cccc3c2NCCC3)C(C)C1. The van der Waals surface area contributed by atoms with Crippen molar-refractivity contribution < 1.29 is 4.79 Å². The third-order valence-electron chi connectivity index (χ3n) is 5.07. The third-order valence-corrected chi connectivity index (χ3v) is 5.07. The lowest BCUT2D eigenvalue weighted by molar-refractivity contribution is 0.0900. The minimum atomic E-state index is 0.0904. The van der Waals surface area contributed by atoms with Gasteiger partial charge in [0.25, 0.3) is 5.91 Å². The van der Waals surface area contributed by atoms with E-state index in [2.05, 4.69) is 30.5 Å². The molecule has 0 bridgehead atoms. The molecule has 1 aliphatic heterocycles. The van der Waals surface area contributed by atoms with Crippen LogP contribution in [0, 0.1) is 11.8 Å². The average molecular weight is 286 g/mol. The number of carbonyl (C=O) groups is 1. The molecule has 0 spiro atoms. The van der Waals surface area contributed by atoms with Gasteiger partial charge in [-0.3, -0.25) is 4.79 Å². The van der Waals surface area contributed by atoms with Gasteiger partial charge in [-0.05, 0) is 55.6 Å². The zero-order chi connectivity index (χ0) is 14.8. The molecule has 3 nitrogen and oxygen atoms in total. The fraction of sp³-hybridized carbons (Fsp3) is 0.611. The number of hydrogen-bond acceptors (Lipinski definition) is 2. The second-order valence-electron chi connectivity index (χ2n) is 6.85. The number of amides is 1. The number of benzene rings is 1. The zero-order valence-electron chi connectivity index (χ0n) is 13.1. The van der Waals surface area contributed by atoms with Gasteiger partial charge < -0.3 is 10.6 Å². The standard InChI is InChI=1S/C18H26N2O/c1-12-8-9-16(13(2)11-12)20-18(21)15-7-3-5-14-6-4-10-19-17(14)15/h3,5,7,12-13,16,19H,4,6,8-11H2,1-2H3,(H,20,21). The Morgan fingerprint density at radius 2 is 2.14 bits per heavy atom. The van der Waals surface area contributed by atoms with Crippen molar-refractivity contribution in [1.29, 1.82) is 0 Å². The Morgan fingerprint density at radius 1 is 1.29 bits per heavy atom. The Morgan fingerprint density at radius 3 is 2.95 bits per heavy atom. The maximum atomic E-state index is 12.7. The minimum absolute atomic E-state index is 0.0904. The van der Waals surface area contributed by atoms with E-state index in [4.69, 9.17) is 0 Å². The molecule has 1 heterocycles. The van der Waals surface area contributed by atoms with Crippen LogP contribution >= 0.6 is 0 Å². The summed E-state index contributed by atoms with van der Waals surface area (Å²) in [7, 11) is 0. The molecule has 1 aromatic rings. The fourth-order valence-corrected chi connectivity index (χ4v) is 3.82. The molecular formula is C18H26N2O. The van der Waals surface area contributed by atoms with E-state index in [1.165, 1.54) is 18.4 Å². The number of para-hydroxylation sites is 1. The Bertz CT molecular complexity index is 526. The highest BCUT2D eigenvalue weighted by molar-refractivity contribution is 6.00. The van der Waals surface area contributed by atoms with Gasteiger partial charge >= 0.3 is 0 Å². The van der Waals surface area contributed by atoms with Crippen LogP contribution in [0.25, 0.3) is 0 Å². The number of carbonyl (C=O) groups excluding carboxylic acids is 1. The van der Waals surface area contributed by atoms with Crippen LogP contribution in [0.15, 0.2) is 18.2 Å². The van der Waals surface area contributed by atoms with Gasteiger partial charge in [-0.2, -0.15) is 0 Å². The predicted octanol–water partition coefficient (Wildman–Crippen LogP) is 3.60. The summed E-state index contributed by atoms with van der Waals surface area (Å²) >= 11 is 0. The number of rotatable bonds is 2. The molecule has 21 heavy (non-hydrogen) atoms. The van der Waals surface area contributed by atoms with Crippen LogP contribution in [0.3, 0.4) is 0 Å². The van der Waals surface area contributed by atoms with E-state index in [9.17, 15) is 4.79 Å². The molecule has 3 heteroatoms. The summed E-state index contributed by atoms with van der Waals surface area (Å²) in [4.78, 5) is 12.7. The lowest BCUT2D eigenvalue weighted by Gasteiger charge is -2.33. The predicted molar refractivity (Wildman–Crippen MR) is 86.7 cm³/mol. The normalized spacial score (nSPS) is 28.4. The summed E-state index contributed by atoms with van der Waals surface area (Å²) in [6.45, 7) is 5.54. The van der Waals surface area contributed by atoms with Crippen molar-refractivity contribution in [3.8, 4) is 0 Å². The van der Waals surface area contributed by atoms with Crippen LogP contribution in [0.2, 0.25) is 0 Å². The molecule has 3 unspecified atom stereocenters. The summed E-state index contributed by atoms with van der Waals surface area (Å²) in [5, 5.41) is 6.68. The molecule has 3 rings (SSSR count). The topological polar surface area (TPSA) is 41.1 Å². The van der Waals surface area contributed by atoms with Gasteiger partial charge in [0.15, 0.2) is 0 Å². The van der Waals surface area contributed by atoms with Gasteiger partial charge in [-0.1, -0.05) is 26.0 Å². The molecule has 3 atom stereocenters. The quantitative estimate of drug-likeness (QED) is 0.872. The Hall–Kier alpha value is -1.51. The molecule has 1 aromatic carbocycles. The van der Waals surface area contributed by atoms with E-state index in [0.717, 1.165) is 43.0 Å². The third kappa shape index (κ3) is 3.07. The summed E-state index contributed by atoms with van der Waals surface area (Å²) in [5.41, 5.74) is 3.15. The highest BCUT2D eigenvalue weighted by atomic mass is 16.1. The van der Waals surface area contributed by atoms with E-state index in [0.29, 0.717) is 12.0 Å². The largest absolute Gasteiger partial charge is 0.384 e. The first-order valence-corrected chi connectivity index (χ1v) is 8.31. The van der Waals surface area contributed by atoms with Crippen LogP contribution in [0.5, 0.6) is 0 Å². The van der Waals surface area contributed by atoms with Crippen molar-refractivity contribution in [3.63, 3.8) is 0 Å². The van der Waals surface area contributed by atoms with E-state index >= 15 is 0 Å². The van der Waals surface area contributed by atoms with E-state index in [-0.39, 0.29) is 5.91 Å². The number of hydrogen-bond donors (Lipinski definition) is 2. The minimum Gasteiger partial charge on any atom is -0.384 e. The fourth-order valence-electron chi connectivity index (χ4n) is 3.82. The summed E-state index contributed by atoms with van der Waals surface area (Å²) in [6.07, 6.45) is 5.77. The van der Waals surface area contributed by atoms with Crippen LogP contribution in [0.1, 0.15) is 55.5 Å². The molecule has 2 aliphatic rings. The zero-order valence-corrected chi connectivity index (χ0v) is 13.1. The van der Waals surface area contributed by atoms with Crippen molar-refractivity contribution in [1.82, 2.24) is 5.32 Å². The summed E-state index contributed by atoms with van der Waals surface area (Å²) in [5.74, 6) is 1.46. The highest BCUT2D eigenvalue weighted by Crippen LogP contribution is 2.30. The summed E-state index contributed by atoms with van der Waals surface area (Å²) < 4.78 is 0. The first-order chi connectivity index (χ1) is 10.1. The van der Waals surface area contributed by atoms with Gasteiger partial charge in [0.2, 0.25) is 0 Å². The lowest BCUT2D eigenvalue weighted by Crippen LogP contribution is -2.42. The lowest BCUT2D eigenvalue weighted by atomic mass is 9.80. The van der Waals surface area contributed by atoms with E-state index in [1.807, 2.05) is 12.1 Å². The van der Waals surface area contributed by atoms with Crippen molar-refractivity contribution in [2.24, 2.45) is 11.8 Å². The number of nitrogens with one attached hydrogen (secondary N) is 2. The Kier molecular flexibility index (Phi) is 4.18. The molecule has 2 N–H and O–H groups in total. The molecule has 1 amide bonds. The first-order valence-electron chi connectivity index (χ1n) is 8.31. The number of fused-ring (bicyclic) bond motifs is 1. The van der Waals surface area contributed by atoms with Crippen LogP contribution in [-0.4, -0.2) is 18.5 Å². The van der Waals surface area contributed by atoms with E-state index in [1.54, 1.807) is 0 Å². The van der Waals surface area contributed by atoms with Crippen molar-refractivity contribution >= 4 is 11.6 Å².